The molecule has 0 bridgehead atoms. The van der Waals surface area contributed by atoms with Gasteiger partial charge in [0.1, 0.15) is 6.54 Å². The van der Waals surface area contributed by atoms with Crippen LogP contribution < -0.4 is 0 Å². The maximum atomic E-state index is 12.4. The molecule has 1 aliphatic heterocycles. The van der Waals surface area contributed by atoms with E-state index >= 15 is 0 Å². The van der Waals surface area contributed by atoms with E-state index in [1.807, 2.05) is 29.3 Å². The summed E-state index contributed by atoms with van der Waals surface area (Å²) >= 11 is 1.58. The molecule has 7 heteroatoms. The van der Waals surface area contributed by atoms with E-state index in [9.17, 15) is 18.0 Å². The lowest BCUT2D eigenvalue weighted by atomic mass is 10.1. The summed E-state index contributed by atoms with van der Waals surface area (Å²) in [4.78, 5) is 16.0. The predicted octanol–water partition coefficient (Wildman–Crippen LogP) is 2.90. The number of nitrogens with zero attached hydrogens (tertiary/aromatic N) is 2. The van der Waals surface area contributed by atoms with Gasteiger partial charge in [-0.1, -0.05) is 6.07 Å². The zero-order valence-corrected chi connectivity index (χ0v) is 12.2. The summed E-state index contributed by atoms with van der Waals surface area (Å²) < 4.78 is 37.2. The number of alkyl halides is 3. The first-order valence-corrected chi connectivity index (χ1v) is 7.28. The molecule has 0 aromatic carbocycles. The minimum Gasteiger partial charge on any atom is -0.332 e. The molecule has 0 N–H and O–H groups in total. The van der Waals surface area contributed by atoms with Gasteiger partial charge in [0, 0.05) is 17.5 Å². The van der Waals surface area contributed by atoms with E-state index < -0.39 is 24.7 Å². The Morgan fingerprint density at radius 1 is 1.55 bits per heavy atom. The van der Waals surface area contributed by atoms with Crippen molar-refractivity contribution in [2.24, 2.45) is 0 Å². The first-order chi connectivity index (χ1) is 9.29. The zero-order chi connectivity index (χ0) is 14.9. The zero-order valence-electron chi connectivity index (χ0n) is 11.4. The van der Waals surface area contributed by atoms with Crippen LogP contribution in [0.4, 0.5) is 13.2 Å². The number of carbonyl (C=O) groups excluding carboxylic acids is 1. The largest absolute Gasteiger partial charge is 0.406 e. The van der Waals surface area contributed by atoms with E-state index in [1.54, 1.807) is 18.4 Å². The molecule has 20 heavy (non-hydrogen) atoms. The maximum absolute atomic E-state index is 12.4. The Labute approximate surface area is 120 Å². The molecule has 1 aromatic heterocycles. The molecule has 3 nitrogen and oxygen atoms in total. The molecule has 2 rings (SSSR count). The van der Waals surface area contributed by atoms with Crippen LogP contribution in [0.15, 0.2) is 17.5 Å². The average Bonchev–Trinajstić information content (AvgIpc) is 2.97. The van der Waals surface area contributed by atoms with Crippen molar-refractivity contribution < 1.29 is 18.0 Å². The molecule has 0 saturated carbocycles. The van der Waals surface area contributed by atoms with E-state index in [0.29, 0.717) is 6.42 Å². The number of thiophene rings is 1. The Morgan fingerprint density at radius 2 is 2.25 bits per heavy atom. The van der Waals surface area contributed by atoms with Gasteiger partial charge < -0.3 is 4.90 Å². The molecule has 1 amide bonds. The molecule has 1 aromatic rings. The fourth-order valence-corrected chi connectivity index (χ4v) is 3.31. The van der Waals surface area contributed by atoms with Gasteiger partial charge in [-0.2, -0.15) is 13.2 Å². The van der Waals surface area contributed by atoms with Gasteiger partial charge in [0.2, 0.25) is 5.91 Å². The minimum atomic E-state index is -4.33. The predicted molar refractivity (Wildman–Crippen MR) is 71.5 cm³/mol. The van der Waals surface area contributed by atoms with Gasteiger partial charge in [-0.05, 0) is 31.8 Å². The number of hydrogen-bond donors (Lipinski definition) is 0. The minimum absolute atomic E-state index is 0.0230. The summed E-state index contributed by atoms with van der Waals surface area (Å²) in [5.74, 6) is -0.423. The summed E-state index contributed by atoms with van der Waals surface area (Å²) in [6, 6.07) is 3.46. The molecule has 0 aliphatic carbocycles. The van der Waals surface area contributed by atoms with Crippen molar-refractivity contribution in [3.05, 3.63) is 22.4 Å². The lowest BCUT2D eigenvalue weighted by Gasteiger charge is -2.29. The second kappa shape index (κ2) is 5.73. The SMILES string of the molecule is C[C@H](c1cccs1)N(C)[C@@H]1CCN(CC(F)(F)F)C1=O. The van der Waals surface area contributed by atoms with Crippen LogP contribution in [-0.2, 0) is 4.79 Å². The molecule has 1 saturated heterocycles. The molecule has 1 aliphatic rings. The Balaban J connectivity index is 2.02. The molecule has 0 radical (unpaired) electrons. The van der Waals surface area contributed by atoms with Gasteiger partial charge in [-0.15, -0.1) is 11.3 Å². The number of hydrogen-bond acceptors (Lipinski definition) is 3. The van der Waals surface area contributed by atoms with Crippen LogP contribution in [0.5, 0.6) is 0 Å². The molecule has 1 fully saturated rings. The van der Waals surface area contributed by atoms with E-state index in [1.165, 1.54) is 0 Å². The molecule has 0 spiro atoms. The summed E-state index contributed by atoms with van der Waals surface area (Å²) in [7, 11) is 1.80. The van der Waals surface area contributed by atoms with Crippen LogP contribution in [-0.4, -0.2) is 48.1 Å². The van der Waals surface area contributed by atoms with Gasteiger partial charge in [0.05, 0.1) is 6.04 Å². The van der Waals surface area contributed by atoms with Gasteiger partial charge in [-0.3, -0.25) is 9.69 Å². The third kappa shape index (κ3) is 3.32. The summed E-state index contributed by atoms with van der Waals surface area (Å²) in [6.45, 7) is 0.986. The van der Waals surface area contributed by atoms with Gasteiger partial charge in [-0.25, -0.2) is 0 Å². The second-order valence-corrected chi connectivity index (χ2v) is 6.02. The van der Waals surface area contributed by atoms with Crippen molar-refractivity contribution in [3.8, 4) is 0 Å². The molecule has 0 unspecified atom stereocenters. The lowest BCUT2D eigenvalue weighted by molar-refractivity contribution is -0.159. The summed E-state index contributed by atoms with van der Waals surface area (Å²) in [5, 5.41) is 1.95. The number of likely N-dealkylation sites (N-methyl/N-ethyl adjacent to an activating group) is 1. The van der Waals surface area contributed by atoms with Crippen molar-refractivity contribution in [1.82, 2.24) is 9.80 Å². The average molecular weight is 306 g/mol. The number of amides is 1. The van der Waals surface area contributed by atoms with Crippen molar-refractivity contribution in [2.75, 3.05) is 20.1 Å². The Bertz CT molecular complexity index is 461. The smallest absolute Gasteiger partial charge is 0.332 e. The highest BCUT2D eigenvalue weighted by molar-refractivity contribution is 7.10. The topological polar surface area (TPSA) is 23.6 Å². The fourth-order valence-electron chi connectivity index (χ4n) is 2.47. The van der Waals surface area contributed by atoms with Crippen LogP contribution in [0.3, 0.4) is 0 Å². The third-order valence-electron chi connectivity index (χ3n) is 3.70. The normalized spacial score (nSPS) is 21.8. The second-order valence-electron chi connectivity index (χ2n) is 5.04. The van der Waals surface area contributed by atoms with Gasteiger partial charge in [0.15, 0.2) is 0 Å². The maximum Gasteiger partial charge on any atom is 0.406 e. The highest BCUT2D eigenvalue weighted by Crippen LogP contribution is 2.29. The van der Waals surface area contributed by atoms with E-state index in [4.69, 9.17) is 0 Å². The molecule has 2 heterocycles. The van der Waals surface area contributed by atoms with E-state index in [0.717, 1.165) is 9.78 Å². The first-order valence-electron chi connectivity index (χ1n) is 6.40. The van der Waals surface area contributed by atoms with Gasteiger partial charge >= 0.3 is 6.18 Å². The number of carbonyl (C=O) groups is 1. The van der Waals surface area contributed by atoms with Crippen molar-refractivity contribution in [1.29, 1.82) is 0 Å². The van der Waals surface area contributed by atoms with Crippen LogP contribution in [0, 0.1) is 0 Å². The van der Waals surface area contributed by atoms with Crippen LogP contribution in [0.1, 0.15) is 24.3 Å². The lowest BCUT2D eigenvalue weighted by Crippen LogP contribution is -2.43. The van der Waals surface area contributed by atoms with Crippen molar-refractivity contribution in [3.63, 3.8) is 0 Å². The number of likely N-dealkylation sites (tertiary alicyclic amines) is 1. The van der Waals surface area contributed by atoms with Crippen LogP contribution in [0.25, 0.3) is 0 Å². The van der Waals surface area contributed by atoms with Crippen LogP contribution in [0.2, 0.25) is 0 Å². The number of halogens is 3. The Hall–Kier alpha value is -1.08. The Kier molecular flexibility index (Phi) is 4.39. The van der Waals surface area contributed by atoms with E-state index in [-0.39, 0.29) is 12.6 Å². The molecular weight excluding hydrogens is 289 g/mol. The highest BCUT2D eigenvalue weighted by atomic mass is 32.1. The number of rotatable bonds is 4. The molecular formula is C13H17F3N2OS. The van der Waals surface area contributed by atoms with Crippen LogP contribution >= 0.6 is 11.3 Å². The first kappa shape index (κ1) is 15.3. The highest BCUT2D eigenvalue weighted by Gasteiger charge is 2.41. The molecule has 112 valence electrons. The molecule has 2 atom stereocenters. The third-order valence-corrected chi connectivity index (χ3v) is 4.74. The van der Waals surface area contributed by atoms with Crippen molar-refractivity contribution >= 4 is 17.2 Å². The van der Waals surface area contributed by atoms with Gasteiger partial charge in [0.25, 0.3) is 0 Å². The summed E-state index contributed by atoms with van der Waals surface area (Å²) in [6.07, 6.45) is -3.89. The Morgan fingerprint density at radius 3 is 2.80 bits per heavy atom. The monoisotopic (exact) mass is 306 g/mol. The summed E-state index contributed by atoms with van der Waals surface area (Å²) in [5.41, 5.74) is 0. The van der Waals surface area contributed by atoms with Crippen molar-refractivity contribution in [2.45, 2.75) is 31.6 Å². The van der Waals surface area contributed by atoms with E-state index in [2.05, 4.69) is 0 Å². The quantitative estimate of drug-likeness (QED) is 0.854. The standard InChI is InChI=1S/C13H17F3N2OS/c1-9(11-4-3-7-20-11)17(2)10-5-6-18(12(10)19)8-13(14,15)16/h3-4,7,9-10H,5-6,8H2,1-2H3/t9-,10-/m1/s1. The fraction of sp³-hybridized carbons (Fsp3) is 0.615.